The van der Waals surface area contributed by atoms with Crippen molar-refractivity contribution in [3.05, 3.63) is 35.4 Å². The number of halogens is 1. The van der Waals surface area contributed by atoms with Crippen LogP contribution in [-0.4, -0.2) is 37.9 Å². The van der Waals surface area contributed by atoms with Crippen LogP contribution in [0.15, 0.2) is 29.3 Å². The fraction of sp³-hybridized carbons (Fsp3) is 0.708. The zero-order valence-electron chi connectivity index (χ0n) is 18.9. The van der Waals surface area contributed by atoms with E-state index in [4.69, 9.17) is 14.5 Å². The molecule has 0 amide bonds. The normalized spacial score (nSPS) is 25.4. The summed E-state index contributed by atoms with van der Waals surface area (Å²) >= 11 is 0. The van der Waals surface area contributed by atoms with E-state index in [0.717, 1.165) is 50.4 Å². The topological polar surface area (TPSA) is 54.9 Å². The van der Waals surface area contributed by atoms with E-state index in [9.17, 15) is 0 Å². The maximum absolute atomic E-state index is 6.07. The first kappa shape index (κ1) is 25.4. The van der Waals surface area contributed by atoms with E-state index in [2.05, 4.69) is 55.7 Å². The third-order valence-corrected chi connectivity index (χ3v) is 5.93. The lowest BCUT2D eigenvalue weighted by Crippen LogP contribution is -2.46. The molecule has 1 aromatic carbocycles. The summed E-state index contributed by atoms with van der Waals surface area (Å²) in [5, 5.41) is 7.09. The molecule has 0 bridgehead atoms. The molecule has 1 heterocycles. The third-order valence-electron chi connectivity index (χ3n) is 5.93. The minimum atomic E-state index is 0. The second kappa shape index (κ2) is 13.5. The van der Waals surface area contributed by atoms with Crippen molar-refractivity contribution in [1.82, 2.24) is 10.6 Å². The van der Waals surface area contributed by atoms with Crippen LogP contribution in [-0.2, 0) is 22.6 Å². The molecule has 0 aromatic heterocycles. The molecular formula is C24H40IN3O2. The minimum absolute atomic E-state index is 0. The Hall–Kier alpha value is -0.860. The number of benzene rings is 1. The zero-order valence-corrected chi connectivity index (χ0v) is 21.2. The van der Waals surface area contributed by atoms with Crippen molar-refractivity contribution in [3.8, 4) is 0 Å². The fourth-order valence-corrected chi connectivity index (χ4v) is 4.62. The Bertz CT molecular complexity index is 639. The van der Waals surface area contributed by atoms with E-state index in [-0.39, 0.29) is 24.0 Å². The van der Waals surface area contributed by atoms with Crippen LogP contribution < -0.4 is 10.6 Å². The van der Waals surface area contributed by atoms with Crippen molar-refractivity contribution < 1.29 is 9.47 Å². The van der Waals surface area contributed by atoms with Gasteiger partial charge in [-0.25, -0.2) is 4.99 Å². The first-order valence-electron chi connectivity index (χ1n) is 11.4. The number of aliphatic imine (C=N–C) groups is 1. The summed E-state index contributed by atoms with van der Waals surface area (Å²) in [5.41, 5.74) is 2.44. The van der Waals surface area contributed by atoms with Gasteiger partial charge >= 0.3 is 0 Å². The Balaban J connectivity index is 0.00000320. The van der Waals surface area contributed by atoms with Crippen LogP contribution in [0.3, 0.4) is 0 Å². The van der Waals surface area contributed by atoms with Crippen LogP contribution in [0.25, 0.3) is 0 Å². The molecule has 2 N–H and O–H groups in total. The lowest BCUT2D eigenvalue weighted by Gasteiger charge is -2.32. The molecule has 5 nitrogen and oxygen atoms in total. The van der Waals surface area contributed by atoms with Crippen molar-refractivity contribution in [2.45, 2.75) is 78.2 Å². The number of guanidine groups is 1. The van der Waals surface area contributed by atoms with Gasteiger partial charge in [0.15, 0.2) is 5.96 Å². The minimum Gasteiger partial charge on any atom is -0.381 e. The highest BCUT2D eigenvalue weighted by atomic mass is 127. The first-order valence-corrected chi connectivity index (χ1v) is 11.4. The molecule has 170 valence electrons. The van der Waals surface area contributed by atoms with E-state index in [0.29, 0.717) is 25.3 Å². The number of nitrogens with one attached hydrogen (secondary N) is 2. The van der Waals surface area contributed by atoms with Crippen molar-refractivity contribution in [1.29, 1.82) is 0 Å². The zero-order chi connectivity index (χ0) is 20.5. The summed E-state index contributed by atoms with van der Waals surface area (Å²) in [6.45, 7) is 10.7. The summed E-state index contributed by atoms with van der Waals surface area (Å²) < 4.78 is 11.5. The average molecular weight is 530 g/mol. The van der Waals surface area contributed by atoms with Gasteiger partial charge in [-0.1, -0.05) is 38.1 Å². The van der Waals surface area contributed by atoms with E-state index < -0.39 is 0 Å². The lowest BCUT2D eigenvalue weighted by atomic mass is 9.80. The molecule has 1 aliphatic carbocycles. The van der Waals surface area contributed by atoms with Crippen LogP contribution in [0.1, 0.15) is 64.0 Å². The maximum atomic E-state index is 6.07. The second-order valence-electron chi connectivity index (χ2n) is 8.90. The van der Waals surface area contributed by atoms with Crippen LogP contribution >= 0.6 is 24.0 Å². The predicted molar refractivity (Wildman–Crippen MR) is 134 cm³/mol. The van der Waals surface area contributed by atoms with E-state index in [1.54, 1.807) is 0 Å². The second-order valence-corrected chi connectivity index (χ2v) is 8.90. The number of hydrogen-bond donors (Lipinski definition) is 2. The van der Waals surface area contributed by atoms with Crippen molar-refractivity contribution in [2.75, 3.05) is 19.8 Å². The standard InChI is InChI=1S/C24H39N3O2.HI/c1-4-25-24(27-22-13-18(2)12-19(3)14-22)26-16-20-6-5-7-21(15-20)17-29-23-8-10-28-11-9-23;/h5-7,15,18-19,22-23H,4,8-14,16-17H2,1-3H3,(H2,25,26,27);1H. The van der Waals surface area contributed by atoms with Crippen LogP contribution in [0.4, 0.5) is 0 Å². The fourth-order valence-electron chi connectivity index (χ4n) is 4.62. The lowest BCUT2D eigenvalue weighted by molar-refractivity contribution is -0.0390. The molecule has 30 heavy (non-hydrogen) atoms. The molecule has 1 saturated carbocycles. The van der Waals surface area contributed by atoms with Crippen molar-refractivity contribution in [3.63, 3.8) is 0 Å². The molecular weight excluding hydrogens is 489 g/mol. The summed E-state index contributed by atoms with van der Waals surface area (Å²) in [6, 6.07) is 9.14. The maximum Gasteiger partial charge on any atom is 0.191 e. The molecule has 2 fully saturated rings. The largest absolute Gasteiger partial charge is 0.381 e. The van der Waals surface area contributed by atoms with Gasteiger partial charge in [0.2, 0.25) is 0 Å². The van der Waals surface area contributed by atoms with Gasteiger partial charge in [0.05, 0.1) is 19.3 Å². The molecule has 1 saturated heterocycles. The monoisotopic (exact) mass is 529 g/mol. The smallest absolute Gasteiger partial charge is 0.191 e. The highest BCUT2D eigenvalue weighted by Crippen LogP contribution is 2.28. The third kappa shape index (κ3) is 8.71. The molecule has 2 unspecified atom stereocenters. The van der Waals surface area contributed by atoms with Gasteiger partial charge in [0.1, 0.15) is 0 Å². The van der Waals surface area contributed by atoms with Gasteiger partial charge in [0.25, 0.3) is 0 Å². The molecule has 1 aromatic rings. The highest BCUT2D eigenvalue weighted by molar-refractivity contribution is 14.0. The van der Waals surface area contributed by atoms with Crippen molar-refractivity contribution in [2.24, 2.45) is 16.8 Å². The molecule has 1 aliphatic heterocycles. The van der Waals surface area contributed by atoms with Gasteiger partial charge in [0, 0.05) is 25.8 Å². The van der Waals surface area contributed by atoms with Gasteiger partial charge in [-0.2, -0.15) is 0 Å². The first-order chi connectivity index (χ1) is 14.1. The van der Waals surface area contributed by atoms with Gasteiger partial charge in [-0.15, -0.1) is 24.0 Å². The van der Waals surface area contributed by atoms with Gasteiger partial charge in [-0.05, 0) is 62.0 Å². The van der Waals surface area contributed by atoms with Crippen LogP contribution in [0.5, 0.6) is 0 Å². The molecule has 2 aliphatic rings. The highest BCUT2D eigenvalue weighted by Gasteiger charge is 2.24. The van der Waals surface area contributed by atoms with Gasteiger partial charge in [-0.3, -0.25) is 0 Å². The van der Waals surface area contributed by atoms with E-state index in [1.165, 1.54) is 30.4 Å². The molecule has 0 radical (unpaired) electrons. The number of rotatable bonds is 7. The average Bonchev–Trinajstić information content (AvgIpc) is 2.71. The quantitative estimate of drug-likeness (QED) is 0.301. The van der Waals surface area contributed by atoms with E-state index in [1.807, 2.05) is 0 Å². The van der Waals surface area contributed by atoms with Crippen LogP contribution in [0, 0.1) is 11.8 Å². The van der Waals surface area contributed by atoms with Crippen LogP contribution in [0.2, 0.25) is 0 Å². The summed E-state index contributed by atoms with van der Waals surface area (Å²) in [4.78, 5) is 4.86. The number of nitrogens with zero attached hydrogens (tertiary/aromatic N) is 1. The predicted octanol–water partition coefficient (Wildman–Crippen LogP) is 4.88. The summed E-state index contributed by atoms with van der Waals surface area (Å²) in [7, 11) is 0. The Labute approximate surface area is 199 Å². The van der Waals surface area contributed by atoms with Crippen molar-refractivity contribution >= 4 is 29.9 Å². The number of hydrogen-bond acceptors (Lipinski definition) is 3. The molecule has 2 atom stereocenters. The van der Waals surface area contributed by atoms with Gasteiger partial charge < -0.3 is 20.1 Å². The molecule has 6 heteroatoms. The Kier molecular flexibility index (Phi) is 11.5. The number of ether oxygens (including phenoxy) is 2. The Morgan fingerprint density at radius 2 is 1.80 bits per heavy atom. The Morgan fingerprint density at radius 1 is 1.10 bits per heavy atom. The SMILES string of the molecule is CCNC(=NCc1cccc(COC2CCOCC2)c1)NC1CC(C)CC(C)C1.I. The summed E-state index contributed by atoms with van der Waals surface area (Å²) in [5.74, 6) is 2.50. The Morgan fingerprint density at radius 3 is 2.50 bits per heavy atom. The molecule has 0 spiro atoms. The summed E-state index contributed by atoms with van der Waals surface area (Å²) in [6.07, 6.45) is 6.13. The van der Waals surface area contributed by atoms with E-state index >= 15 is 0 Å². The molecule has 3 rings (SSSR count).